The Labute approximate surface area is 387 Å². The molecule has 0 aliphatic heterocycles. The third-order valence-electron chi connectivity index (χ3n) is 12.7. The van der Waals surface area contributed by atoms with Crippen LogP contribution in [0, 0.1) is 11.8 Å². The van der Waals surface area contributed by atoms with Crippen molar-refractivity contribution in [2.45, 2.75) is 317 Å². The van der Waals surface area contributed by atoms with Gasteiger partial charge in [-0.2, -0.15) is 0 Å². The van der Waals surface area contributed by atoms with Crippen molar-refractivity contribution in [1.29, 1.82) is 0 Å². The van der Waals surface area contributed by atoms with Gasteiger partial charge < -0.3 is 14.2 Å². The van der Waals surface area contributed by atoms with E-state index in [-0.39, 0.29) is 31.1 Å². The van der Waals surface area contributed by atoms with E-state index in [2.05, 4.69) is 34.6 Å². The van der Waals surface area contributed by atoms with Gasteiger partial charge in [0.15, 0.2) is 6.10 Å². The van der Waals surface area contributed by atoms with Crippen LogP contribution < -0.4 is 0 Å². The molecule has 1 atom stereocenters. The highest BCUT2D eigenvalue weighted by Gasteiger charge is 2.19. The standard InChI is InChI=1S/C56H108O6/c1-6-7-8-9-10-11-12-13-14-15-16-17-18-21-26-31-36-41-46-54(57)60-49-53(62-56(59)48-43-38-33-28-23-25-30-35-40-45-52(4)5)50-61-55(58)47-42-37-32-27-22-19-20-24-29-34-39-44-51(2)3/h51-53H,6-50H2,1-5H3/t53-/m0/s1. The van der Waals surface area contributed by atoms with Crippen LogP contribution in [0.4, 0.5) is 0 Å². The van der Waals surface area contributed by atoms with Gasteiger partial charge in [0.25, 0.3) is 0 Å². The minimum Gasteiger partial charge on any atom is -0.462 e. The summed E-state index contributed by atoms with van der Waals surface area (Å²) in [6.45, 7) is 11.4. The molecule has 368 valence electrons. The largest absolute Gasteiger partial charge is 0.462 e. The topological polar surface area (TPSA) is 78.9 Å². The van der Waals surface area contributed by atoms with Crippen LogP contribution in [0.5, 0.6) is 0 Å². The van der Waals surface area contributed by atoms with Gasteiger partial charge in [0, 0.05) is 19.3 Å². The normalized spacial score (nSPS) is 12.0. The number of rotatable bonds is 50. The van der Waals surface area contributed by atoms with Gasteiger partial charge in [-0.3, -0.25) is 14.4 Å². The Hall–Kier alpha value is -1.59. The summed E-state index contributed by atoms with van der Waals surface area (Å²) in [5.41, 5.74) is 0. The molecule has 0 unspecified atom stereocenters. The summed E-state index contributed by atoms with van der Waals surface area (Å²) in [5, 5.41) is 0. The molecule has 0 spiro atoms. The lowest BCUT2D eigenvalue weighted by Gasteiger charge is -2.18. The first-order valence-corrected chi connectivity index (χ1v) is 27.7. The molecule has 0 aliphatic carbocycles. The van der Waals surface area contributed by atoms with E-state index in [4.69, 9.17) is 14.2 Å². The van der Waals surface area contributed by atoms with Crippen LogP contribution >= 0.6 is 0 Å². The SMILES string of the molecule is CCCCCCCCCCCCCCCCCCCCC(=O)OC[C@@H](COC(=O)CCCCCCCCCCCCCC(C)C)OC(=O)CCCCCCCCCCCC(C)C. The van der Waals surface area contributed by atoms with E-state index in [0.717, 1.165) is 69.6 Å². The predicted molar refractivity (Wildman–Crippen MR) is 266 cm³/mol. The molecule has 0 N–H and O–H groups in total. The van der Waals surface area contributed by atoms with Crippen LogP contribution in [0.15, 0.2) is 0 Å². The lowest BCUT2D eigenvalue weighted by molar-refractivity contribution is -0.167. The predicted octanol–water partition coefficient (Wildman–Crippen LogP) is 18.1. The summed E-state index contributed by atoms with van der Waals surface area (Å²) in [7, 11) is 0. The lowest BCUT2D eigenvalue weighted by atomic mass is 10.0. The zero-order valence-corrected chi connectivity index (χ0v) is 42.5. The number of ether oxygens (including phenoxy) is 3. The molecular formula is C56H108O6. The monoisotopic (exact) mass is 877 g/mol. The van der Waals surface area contributed by atoms with Crippen LogP contribution in [-0.4, -0.2) is 37.2 Å². The Kier molecular flexibility index (Phi) is 47.6. The minimum absolute atomic E-state index is 0.0635. The summed E-state index contributed by atoms with van der Waals surface area (Å²) >= 11 is 0. The summed E-state index contributed by atoms with van der Waals surface area (Å²) in [6.07, 6.45) is 51.0. The second kappa shape index (κ2) is 48.9. The third kappa shape index (κ3) is 49.4. The Morgan fingerprint density at radius 2 is 0.532 bits per heavy atom. The van der Waals surface area contributed by atoms with Gasteiger partial charge in [0.2, 0.25) is 0 Å². The van der Waals surface area contributed by atoms with Gasteiger partial charge in [0.1, 0.15) is 13.2 Å². The highest BCUT2D eigenvalue weighted by atomic mass is 16.6. The molecule has 6 nitrogen and oxygen atoms in total. The molecule has 0 aromatic rings. The third-order valence-corrected chi connectivity index (χ3v) is 12.7. The molecule has 0 fully saturated rings. The summed E-state index contributed by atoms with van der Waals surface area (Å²) in [5.74, 6) is 0.788. The van der Waals surface area contributed by atoms with Crippen molar-refractivity contribution in [3.8, 4) is 0 Å². The Morgan fingerprint density at radius 1 is 0.306 bits per heavy atom. The van der Waals surface area contributed by atoms with E-state index >= 15 is 0 Å². The highest BCUT2D eigenvalue weighted by Crippen LogP contribution is 2.18. The van der Waals surface area contributed by atoms with Gasteiger partial charge in [-0.1, -0.05) is 272 Å². The Morgan fingerprint density at radius 3 is 0.790 bits per heavy atom. The summed E-state index contributed by atoms with van der Waals surface area (Å²) in [4.78, 5) is 38.0. The van der Waals surface area contributed by atoms with Crippen molar-refractivity contribution in [1.82, 2.24) is 0 Å². The van der Waals surface area contributed by atoms with Gasteiger partial charge in [-0.15, -0.1) is 0 Å². The molecular weight excluding hydrogens is 769 g/mol. The quantitative estimate of drug-likeness (QED) is 0.0344. The number of hydrogen-bond acceptors (Lipinski definition) is 6. The van der Waals surface area contributed by atoms with Crippen molar-refractivity contribution in [3.05, 3.63) is 0 Å². The molecule has 0 aromatic carbocycles. The van der Waals surface area contributed by atoms with E-state index in [9.17, 15) is 14.4 Å². The first-order valence-electron chi connectivity index (χ1n) is 27.7. The van der Waals surface area contributed by atoms with E-state index in [1.54, 1.807) is 0 Å². The molecule has 0 saturated carbocycles. The molecule has 0 radical (unpaired) electrons. The molecule has 0 aromatic heterocycles. The van der Waals surface area contributed by atoms with Crippen molar-refractivity contribution in [3.63, 3.8) is 0 Å². The first kappa shape index (κ1) is 60.4. The number of unbranched alkanes of at least 4 members (excludes halogenated alkanes) is 35. The number of esters is 3. The average Bonchev–Trinajstić information content (AvgIpc) is 3.24. The van der Waals surface area contributed by atoms with E-state index in [1.807, 2.05) is 0 Å². The van der Waals surface area contributed by atoms with Gasteiger partial charge in [-0.05, 0) is 31.1 Å². The van der Waals surface area contributed by atoms with Crippen LogP contribution in [-0.2, 0) is 28.6 Å². The fraction of sp³-hybridized carbons (Fsp3) is 0.946. The van der Waals surface area contributed by atoms with Crippen molar-refractivity contribution >= 4 is 17.9 Å². The maximum Gasteiger partial charge on any atom is 0.306 e. The molecule has 0 aliphatic rings. The van der Waals surface area contributed by atoms with Crippen molar-refractivity contribution in [2.24, 2.45) is 11.8 Å². The maximum absolute atomic E-state index is 12.8. The first-order chi connectivity index (χ1) is 30.2. The van der Waals surface area contributed by atoms with Gasteiger partial charge in [0.05, 0.1) is 0 Å². The Balaban J connectivity index is 4.27. The van der Waals surface area contributed by atoms with Crippen molar-refractivity contribution < 1.29 is 28.6 Å². The van der Waals surface area contributed by atoms with E-state index < -0.39 is 6.10 Å². The smallest absolute Gasteiger partial charge is 0.306 e. The maximum atomic E-state index is 12.8. The summed E-state index contributed by atoms with van der Waals surface area (Å²) < 4.78 is 16.9. The number of carbonyl (C=O) groups excluding carboxylic acids is 3. The molecule has 0 bridgehead atoms. The molecule has 0 heterocycles. The fourth-order valence-corrected chi connectivity index (χ4v) is 8.52. The van der Waals surface area contributed by atoms with Crippen LogP contribution in [0.25, 0.3) is 0 Å². The van der Waals surface area contributed by atoms with Gasteiger partial charge >= 0.3 is 17.9 Å². The zero-order valence-electron chi connectivity index (χ0n) is 42.5. The average molecular weight is 877 g/mol. The molecule has 0 saturated heterocycles. The molecule has 62 heavy (non-hydrogen) atoms. The Bertz CT molecular complexity index is 947. The summed E-state index contributed by atoms with van der Waals surface area (Å²) in [6, 6.07) is 0. The van der Waals surface area contributed by atoms with Crippen molar-refractivity contribution in [2.75, 3.05) is 13.2 Å². The second-order valence-corrected chi connectivity index (χ2v) is 20.2. The number of hydrogen-bond donors (Lipinski definition) is 0. The van der Waals surface area contributed by atoms with Crippen LogP contribution in [0.3, 0.4) is 0 Å². The second-order valence-electron chi connectivity index (χ2n) is 20.2. The highest BCUT2D eigenvalue weighted by molar-refractivity contribution is 5.71. The van der Waals surface area contributed by atoms with E-state index in [0.29, 0.717) is 19.3 Å². The van der Waals surface area contributed by atoms with Crippen LogP contribution in [0.1, 0.15) is 311 Å². The minimum atomic E-state index is -0.762. The zero-order chi connectivity index (χ0) is 45.4. The molecule has 6 heteroatoms. The molecule has 0 amide bonds. The van der Waals surface area contributed by atoms with E-state index in [1.165, 1.54) is 199 Å². The number of carbonyl (C=O) groups is 3. The lowest BCUT2D eigenvalue weighted by Crippen LogP contribution is -2.30. The van der Waals surface area contributed by atoms with Crippen LogP contribution in [0.2, 0.25) is 0 Å². The van der Waals surface area contributed by atoms with Gasteiger partial charge in [-0.25, -0.2) is 0 Å². The molecule has 0 rings (SSSR count). The fourth-order valence-electron chi connectivity index (χ4n) is 8.52.